The van der Waals surface area contributed by atoms with Crippen LogP contribution in [0.5, 0.6) is 0 Å². The fraction of sp³-hybridized carbons (Fsp3) is 0.714. The van der Waals surface area contributed by atoms with Crippen LogP contribution >= 0.6 is 0 Å². The molecule has 6 nitrogen and oxygen atoms in total. The van der Waals surface area contributed by atoms with Crippen LogP contribution in [0.15, 0.2) is 0 Å². The Kier molecular flexibility index (Phi) is 2.31. The van der Waals surface area contributed by atoms with Crippen LogP contribution in [0.2, 0.25) is 0 Å². The van der Waals surface area contributed by atoms with Crippen molar-refractivity contribution in [2.24, 2.45) is 7.05 Å². The van der Waals surface area contributed by atoms with E-state index in [9.17, 15) is 8.42 Å². The largest absolute Gasteiger partial charge is 0.368 e. The zero-order valence-electron chi connectivity index (χ0n) is 8.64. The molecule has 0 radical (unpaired) electrons. The van der Waals surface area contributed by atoms with Gasteiger partial charge in [-0.15, -0.1) is 0 Å². The minimum atomic E-state index is -3.25. The van der Waals surface area contributed by atoms with E-state index in [4.69, 9.17) is 5.73 Å². The Balaban J connectivity index is 3.31. The van der Waals surface area contributed by atoms with Crippen LogP contribution in [0.25, 0.3) is 0 Å². The molecule has 0 atom stereocenters. The normalized spacial score (nSPS) is 13.1. The van der Waals surface area contributed by atoms with E-state index < -0.39 is 14.6 Å². The molecule has 0 aliphatic rings. The lowest BCUT2D eigenvalue weighted by Crippen LogP contribution is -2.29. The highest BCUT2D eigenvalue weighted by Gasteiger charge is 2.36. The molecule has 1 rings (SSSR count). The third-order valence-corrected chi connectivity index (χ3v) is 4.30. The topological polar surface area (TPSA) is 90.9 Å². The second-order valence-corrected chi connectivity index (χ2v) is 6.26. The molecule has 1 heterocycles. The van der Waals surface area contributed by atoms with Crippen molar-refractivity contribution in [3.05, 3.63) is 5.82 Å². The number of hydrogen-bond acceptors (Lipinski definition) is 5. The molecule has 0 aliphatic carbocycles. The Labute approximate surface area is 83.0 Å². The van der Waals surface area contributed by atoms with Crippen molar-refractivity contribution in [2.45, 2.75) is 18.6 Å². The van der Waals surface area contributed by atoms with Crippen molar-refractivity contribution in [3.8, 4) is 0 Å². The molecule has 0 aliphatic heterocycles. The summed E-state index contributed by atoms with van der Waals surface area (Å²) in [5, 5.41) is 3.95. The molecule has 1 aromatic rings. The molecular weight excluding hydrogens is 204 g/mol. The van der Waals surface area contributed by atoms with Crippen LogP contribution in [0, 0.1) is 0 Å². The van der Waals surface area contributed by atoms with Gasteiger partial charge in [-0.3, -0.25) is 0 Å². The Morgan fingerprint density at radius 3 is 2.21 bits per heavy atom. The third-order valence-electron chi connectivity index (χ3n) is 2.26. The zero-order chi connectivity index (χ0) is 11.1. The molecule has 0 spiro atoms. The van der Waals surface area contributed by atoms with Gasteiger partial charge in [0, 0.05) is 13.3 Å². The smallest absolute Gasteiger partial charge is 0.218 e. The van der Waals surface area contributed by atoms with E-state index in [0.717, 1.165) is 6.26 Å². The van der Waals surface area contributed by atoms with Crippen LogP contribution < -0.4 is 5.73 Å². The average Bonchev–Trinajstić information content (AvgIpc) is 2.30. The molecule has 0 fully saturated rings. The van der Waals surface area contributed by atoms with Crippen LogP contribution in [0.4, 0.5) is 5.95 Å². The molecule has 2 N–H and O–H groups in total. The molecule has 0 amide bonds. The molecule has 0 aromatic carbocycles. The minimum Gasteiger partial charge on any atom is -0.368 e. The van der Waals surface area contributed by atoms with Crippen molar-refractivity contribution in [1.29, 1.82) is 0 Å². The molecule has 0 bridgehead atoms. The zero-order valence-corrected chi connectivity index (χ0v) is 9.46. The van der Waals surface area contributed by atoms with E-state index in [1.54, 1.807) is 20.9 Å². The Morgan fingerprint density at radius 2 is 1.93 bits per heavy atom. The second-order valence-electron chi connectivity index (χ2n) is 3.70. The van der Waals surface area contributed by atoms with E-state index in [2.05, 4.69) is 10.1 Å². The highest BCUT2D eigenvalue weighted by molar-refractivity contribution is 7.91. The van der Waals surface area contributed by atoms with E-state index in [0.29, 0.717) is 0 Å². The molecule has 0 saturated heterocycles. The fourth-order valence-corrected chi connectivity index (χ4v) is 1.24. The van der Waals surface area contributed by atoms with Crippen LogP contribution in [0.1, 0.15) is 19.7 Å². The van der Waals surface area contributed by atoms with Gasteiger partial charge in [-0.05, 0) is 13.8 Å². The highest BCUT2D eigenvalue weighted by Crippen LogP contribution is 2.26. The Morgan fingerprint density at radius 1 is 1.43 bits per heavy atom. The van der Waals surface area contributed by atoms with Crippen LogP contribution in [-0.4, -0.2) is 29.4 Å². The van der Waals surface area contributed by atoms with Gasteiger partial charge in [0.2, 0.25) is 5.95 Å². The van der Waals surface area contributed by atoms with Gasteiger partial charge in [0.05, 0.1) is 0 Å². The van der Waals surface area contributed by atoms with E-state index in [1.165, 1.54) is 4.68 Å². The fourth-order valence-electron chi connectivity index (χ4n) is 0.817. The number of nitrogen functional groups attached to an aromatic ring is 1. The number of anilines is 1. The van der Waals surface area contributed by atoms with Crippen molar-refractivity contribution in [1.82, 2.24) is 14.8 Å². The van der Waals surface area contributed by atoms with Gasteiger partial charge in [-0.2, -0.15) is 10.1 Å². The Bertz CT molecular complexity index is 427. The molecular formula is C7H14N4O2S. The Hall–Kier alpha value is -1.11. The predicted octanol–water partition coefficient (Wildman–Crippen LogP) is -0.323. The van der Waals surface area contributed by atoms with Crippen molar-refractivity contribution >= 4 is 15.8 Å². The SMILES string of the molecule is Cn1nc(C(C)(C)S(C)(=O)=O)nc1N. The lowest BCUT2D eigenvalue weighted by molar-refractivity contribution is 0.547. The van der Waals surface area contributed by atoms with E-state index >= 15 is 0 Å². The number of rotatable bonds is 2. The third kappa shape index (κ3) is 1.59. The van der Waals surface area contributed by atoms with Gasteiger partial charge in [0.25, 0.3) is 0 Å². The summed E-state index contributed by atoms with van der Waals surface area (Å²) in [6.07, 6.45) is 1.15. The van der Waals surface area contributed by atoms with Gasteiger partial charge in [-0.25, -0.2) is 13.1 Å². The van der Waals surface area contributed by atoms with Crippen molar-refractivity contribution in [2.75, 3.05) is 12.0 Å². The number of hydrogen-bond donors (Lipinski definition) is 1. The average molecular weight is 218 g/mol. The lowest BCUT2D eigenvalue weighted by Gasteiger charge is -2.17. The van der Waals surface area contributed by atoms with Crippen LogP contribution in [0.3, 0.4) is 0 Å². The molecule has 0 saturated carbocycles. The van der Waals surface area contributed by atoms with Gasteiger partial charge in [0.15, 0.2) is 15.7 Å². The summed E-state index contributed by atoms with van der Waals surface area (Å²) < 4.78 is 23.1. The molecule has 7 heteroatoms. The summed E-state index contributed by atoms with van der Waals surface area (Å²) >= 11 is 0. The van der Waals surface area contributed by atoms with Crippen molar-refractivity contribution < 1.29 is 8.42 Å². The first-order chi connectivity index (χ1) is 6.16. The van der Waals surface area contributed by atoms with E-state index in [-0.39, 0.29) is 11.8 Å². The summed E-state index contributed by atoms with van der Waals surface area (Å²) in [6, 6.07) is 0. The van der Waals surface area contributed by atoms with E-state index in [1.807, 2.05) is 0 Å². The highest BCUT2D eigenvalue weighted by atomic mass is 32.2. The minimum absolute atomic E-state index is 0.205. The number of sulfone groups is 1. The first kappa shape index (κ1) is 11.0. The molecule has 1 aromatic heterocycles. The summed E-state index contributed by atoms with van der Waals surface area (Å²) in [7, 11) is -1.64. The lowest BCUT2D eigenvalue weighted by atomic mass is 10.2. The first-order valence-corrected chi connectivity index (χ1v) is 5.92. The summed E-state index contributed by atoms with van der Waals surface area (Å²) in [5.41, 5.74) is 5.48. The summed E-state index contributed by atoms with van der Waals surface area (Å²) in [6.45, 7) is 3.11. The maximum absolute atomic E-state index is 11.4. The van der Waals surface area contributed by atoms with Gasteiger partial charge in [0.1, 0.15) is 4.75 Å². The maximum Gasteiger partial charge on any atom is 0.218 e. The number of nitrogens with two attached hydrogens (primary N) is 1. The van der Waals surface area contributed by atoms with Crippen molar-refractivity contribution in [3.63, 3.8) is 0 Å². The maximum atomic E-state index is 11.4. The summed E-state index contributed by atoms with van der Waals surface area (Å²) in [5.74, 6) is 0.428. The number of aromatic nitrogens is 3. The monoisotopic (exact) mass is 218 g/mol. The quantitative estimate of drug-likeness (QED) is 0.734. The predicted molar refractivity (Wildman–Crippen MR) is 53.3 cm³/mol. The van der Waals surface area contributed by atoms with Crippen LogP contribution in [-0.2, 0) is 21.6 Å². The van der Waals surface area contributed by atoms with Gasteiger partial charge >= 0.3 is 0 Å². The molecule has 14 heavy (non-hydrogen) atoms. The number of nitrogens with zero attached hydrogens (tertiary/aromatic N) is 3. The first-order valence-electron chi connectivity index (χ1n) is 4.03. The number of aryl methyl sites for hydroxylation is 1. The summed E-state index contributed by atoms with van der Waals surface area (Å²) in [4.78, 5) is 3.90. The molecule has 0 unspecified atom stereocenters. The standard InChI is InChI=1S/C7H14N4O2S/c1-7(2,14(4,12)13)5-9-6(8)11(3)10-5/h1-4H3,(H2,8,9,10). The van der Waals surface area contributed by atoms with Gasteiger partial charge < -0.3 is 5.73 Å². The molecule has 80 valence electrons. The van der Waals surface area contributed by atoms with Gasteiger partial charge in [-0.1, -0.05) is 0 Å². The second kappa shape index (κ2) is 2.94.